The Kier molecular flexibility index (Phi) is 4.24. The van der Waals surface area contributed by atoms with Crippen LogP contribution < -0.4 is 0 Å². The van der Waals surface area contributed by atoms with Gasteiger partial charge in [0.25, 0.3) is 0 Å². The summed E-state index contributed by atoms with van der Waals surface area (Å²) in [5, 5.41) is 18.4. The summed E-state index contributed by atoms with van der Waals surface area (Å²) < 4.78 is -0.800. The van der Waals surface area contributed by atoms with Gasteiger partial charge in [0.05, 0.1) is 0 Å². The number of thioether (sulfide) groups is 1. The number of aromatic hydroxyl groups is 1. The summed E-state index contributed by atoms with van der Waals surface area (Å²) in [6, 6.07) is 6.60. The van der Waals surface area contributed by atoms with Gasteiger partial charge in [-0.2, -0.15) is 0 Å². The normalized spacial score (nSPS) is 14.4. The minimum atomic E-state index is -0.800. The van der Waals surface area contributed by atoms with Crippen LogP contribution in [0, 0.1) is 0 Å². The van der Waals surface area contributed by atoms with Crippen LogP contribution in [0.3, 0.4) is 0 Å². The second-order valence-electron chi connectivity index (χ2n) is 3.88. The Morgan fingerprint density at radius 2 is 1.94 bits per heavy atom. The van der Waals surface area contributed by atoms with Gasteiger partial charge in [0.1, 0.15) is 10.5 Å². The van der Waals surface area contributed by atoms with E-state index < -0.39 is 10.7 Å². The molecule has 0 heterocycles. The Balaban J connectivity index is 2.83. The number of carboxylic acid groups (broad SMARTS) is 1. The molecule has 0 bridgehead atoms. The molecule has 1 unspecified atom stereocenters. The minimum Gasteiger partial charge on any atom is -0.508 e. The average Bonchev–Trinajstić information content (AvgIpc) is 2.22. The second-order valence-corrected chi connectivity index (χ2v) is 5.46. The Morgan fingerprint density at radius 3 is 2.38 bits per heavy atom. The van der Waals surface area contributed by atoms with Gasteiger partial charge in [-0.3, -0.25) is 4.79 Å². The highest BCUT2D eigenvalue weighted by molar-refractivity contribution is 8.01. The summed E-state index contributed by atoms with van der Waals surface area (Å²) in [7, 11) is 0. The van der Waals surface area contributed by atoms with Crippen LogP contribution in [0.1, 0.15) is 26.7 Å². The van der Waals surface area contributed by atoms with Crippen molar-refractivity contribution < 1.29 is 15.0 Å². The number of hydrogen-bond donors (Lipinski definition) is 2. The van der Waals surface area contributed by atoms with Crippen molar-refractivity contribution in [1.82, 2.24) is 0 Å². The van der Waals surface area contributed by atoms with E-state index in [0.29, 0.717) is 6.42 Å². The summed E-state index contributed by atoms with van der Waals surface area (Å²) in [5.41, 5.74) is 0. The first kappa shape index (κ1) is 12.9. The van der Waals surface area contributed by atoms with E-state index in [1.54, 1.807) is 31.2 Å². The monoisotopic (exact) mass is 240 g/mol. The number of benzene rings is 1. The fourth-order valence-electron chi connectivity index (χ4n) is 1.45. The summed E-state index contributed by atoms with van der Waals surface area (Å²) in [5.74, 6) is -0.607. The lowest BCUT2D eigenvalue weighted by Gasteiger charge is -2.23. The van der Waals surface area contributed by atoms with E-state index in [4.69, 9.17) is 5.11 Å². The lowest BCUT2D eigenvalue weighted by atomic mass is 10.1. The molecule has 0 aliphatic rings. The third-order valence-electron chi connectivity index (χ3n) is 2.36. The molecule has 0 saturated heterocycles. The number of hydrogen-bond acceptors (Lipinski definition) is 3. The molecule has 0 saturated carbocycles. The highest BCUT2D eigenvalue weighted by Gasteiger charge is 2.33. The zero-order chi connectivity index (χ0) is 12.2. The maximum absolute atomic E-state index is 11.2. The molecule has 2 N–H and O–H groups in total. The van der Waals surface area contributed by atoms with Gasteiger partial charge in [0, 0.05) is 4.90 Å². The van der Waals surface area contributed by atoms with Crippen molar-refractivity contribution in [2.45, 2.75) is 36.3 Å². The molecule has 3 nitrogen and oxygen atoms in total. The average molecular weight is 240 g/mol. The SMILES string of the molecule is CCCC(C)(Sc1ccc(O)cc1)C(=O)O. The van der Waals surface area contributed by atoms with Gasteiger partial charge in [0.2, 0.25) is 0 Å². The van der Waals surface area contributed by atoms with Crippen molar-refractivity contribution in [2.75, 3.05) is 0 Å². The first-order valence-electron chi connectivity index (χ1n) is 5.19. The number of rotatable bonds is 5. The van der Waals surface area contributed by atoms with Gasteiger partial charge >= 0.3 is 5.97 Å². The summed E-state index contributed by atoms with van der Waals surface area (Å²) in [4.78, 5) is 12.1. The van der Waals surface area contributed by atoms with E-state index in [0.717, 1.165) is 11.3 Å². The fourth-order valence-corrected chi connectivity index (χ4v) is 2.64. The van der Waals surface area contributed by atoms with Gasteiger partial charge in [-0.05, 0) is 37.6 Å². The van der Waals surface area contributed by atoms with Crippen molar-refractivity contribution in [3.8, 4) is 5.75 Å². The van der Waals surface area contributed by atoms with Crippen molar-refractivity contribution in [2.24, 2.45) is 0 Å². The molecule has 1 rings (SSSR count). The number of carboxylic acids is 1. The van der Waals surface area contributed by atoms with Crippen molar-refractivity contribution in [1.29, 1.82) is 0 Å². The van der Waals surface area contributed by atoms with E-state index in [2.05, 4.69) is 0 Å². The van der Waals surface area contributed by atoms with E-state index in [9.17, 15) is 9.90 Å². The van der Waals surface area contributed by atoms with Gasteiger partial charge in [0.15, 0.2) is 0 Å². The quantitative estimate of drug-likeness (QED) is 0.776. The second kappa shape index (κ2) is 5.25. The highest BCUT2D eigenvalue weighted by atomic mass is 32.2. The van der Waals surface area contributed by atoms with E-state index in [1.807, 2.05) is 6.92 Å². The van der Waals surface area contributed by atoms with Crippen LogP contribution in [0.2, 0.25) is 0 Å². The van der Waals surface area contributed by atoms with Gasteiger partial charge in [-0.1, -0.05) is 13.3 Å². The molecule has 0 aliphatic heterocycles. The van der Waals surface area contributed by atoms with E-state index in [1.165, 1.54) is 11.8 Å². The Morgan fingerprint density at radius 1 is 1.38 bits per heavy atom. The third kappa shape index (κ3) is 3.17. The zero-order valence-corrected chi connectivity index (χ0v) is 10.3. The van der Waals surface area contributed by atoms with E-state index in [-0.39, 0.29) is 5.75 Å². The van der Waals surface area contributed by atoms with Crippen molar-refractivity contribution in [3.63, 3.8) is 0 Å². The Hall–Kier alpha value is -1.16. The topological polar surface area (TPSA) is 57.5 Å². The third-order valence-corrected chi connectivity index (χ3v) is 3.70. The molecule has 88 valence electrons. The molecule has 0 aliphatic carbocycles. The molecule has 0 radical (unpaired) electrons. The fraction of sp³-hybridized carbons (Fsp3) is 0.417. The first-order chi connectivity index (χ1) is 7.48. The van der Waals surface area contributed by atoms with Crippen LogP contribution in [0.4, 0.5) is 0 Å². The first-order valence-corrected chi connectivity index (χ1v) is 6.01. The Bertz CT molecular complexity index is 361. The summed E-state index contributed by atoms with van der Waals surface area (Å²) in [6.07, 6.45) is 1.45. The number of aliphatic carboxylic acids is 1. The molecule has 0 spiro atoms. The predicted octanol–water partition coefficient (Wildman–Crippen LogP) is 3.13. The largest absolute Gasteiger partial charge is 0.508 e. The standard InChI is InChI=1S/C12H16O3S/c1-3-8-12(2,11(14)15)16-10-6-4-9(13)5-7-10/h4-7,13H,3,8H2,1-2H3,(H,14,15). The summed E-state index contributed by atoms with van der Waals surface area (Å²) >= 11 is 1.32. The van der Waals surface area contributed by atoms with E-state index >= 15 is 0 Å². The van der Waals surface area contributed by atoms with Gasteiger partial charge in [-0.25, -0.2) is 0 Å². The molecule has 1 atom stereocenters. The van der Waals surface area contributed by atoms with Crippen LogP contribution in [-0.4, -0.2) is 20.9 Å². The van der Waals surface area contributed by atoms with Crippen LogP contribution >= 0.6 is 11.8 Å². The van der Waals surface area contributed by atoms with Crippen LogP contribution in [0.15, 0.2) is 29.2 Å². The molecule has 16 heavy (non-hydrogen) atoms. The lowest BCUT2D eigenvalue weighted by Crippen LogP contribution is -2.30. The minimum absolute atomic E-state index is 0.192. The number of carbonyl (C=O) groups is 1. The van der Waals surface area contributed by atoms with Crippen molar-refractivity contribution >= 4 is 17.7 Å². The Labute approximate surface area is 99.5 Å². The predicted molar refractivity (Wildman–Crippen MR) is 64.9 cm³/mol. The van der Waals surface area contributed by atoms with Gasteiger partial charge in [-0.15, -0.1) is 11.8 Å². The maximum atomic E-state index is 11.2. The molecule has 0 amide bonds. The highest BCUT2D eigenvalue weighted by Crippen LogP contribution is 2.37. The molecular formula is C12H16O3S. The molecule has 1 aromatic rings. The van der Waals surface area contributed by atoms with Gasteiger partial charge < -0.3 is 10.2 Å². The molecule has 4 heteroatoms. The van der Waals surface area contributed by atoms with Crippen LogP contribution in [0.25, 0.3) is 0 Å². The number of phenolic OH excluding ortho intramolecular Hbond substituents is 1. The zero-order valence-electron chi connectivity index (χ0n) is 9.43. The molecule has 0 aromatic heterocycles. The maximum Gasteiger partial charge on any atom is 0.319 e. The molecular weight excluding hydrogens is 224 g/mol. The smallest absolute Gasteiger partial charge is 0.319 e. The van der Waals surface area contributed by atoms with Crippen molar-refractivity contribution in [3.05, 3.63) is 24.3 Å². The number of phenols is 1. The van der Waals surface area contributed by atoms with Crippen LogP contribution in [0.5, 0.6) is 5.75 Å². The molecule has 0 fully saturated rings. The lowest BCUT2D eigenvalue weighted by molar-refractivity contribution is -0.139. The summed E-state index contributed by atoms with van der Waals surface area (Å²) in [6.45, 7) is 3.70. The van der Waals surface area contributed by atoms with Crippen LogP contribution in [-0.2, 0) is 4.79 Å². The molecule has 1 aromatic carbocycles.